The van der Waals surface area contributed by atoms with Gasteiger partial charge in [-0.15, -0.1) is 0 Å². The topological polar surface area (TPSA) is 97.9 Å². The first-order valence-corrected chi connectivity index (χ1v) is 11.0. The first kappa shape index (κ1) is 20.1. The molecule has 7 heteroatoms. The molecule has 162 valence electrons. The Hall–Kier alpha value is -3.87. The molecule has 0 radical (unpaired) electrons. The number of nitrogens with zero attached hydrogens (tertiary/aromatic N) is 3. The second kappa shape index (κ2) is 8.70. The molecule has 32 heavy (non-hydrogen) atoms. The van der Waals surface area contributed by atoms with Crippen LogP contribution in [-0.2, 0) is 6.54 Å². The Kier molecular flexibility index (Phi) is 5.46. The summed E-state index contributed by atoms with van der Waals surface area (Å²) in [6.07, 6.45) is 8.50. The lowest BCUT2D eigenvalue weighted by Crippen LogP contribution is -2.28. The highest BCUT2D eigenvalue weighted by molar-refractivity contribution is 6.01. The maximum absolute atomic E-state index is 12.3. The van der Waals surface area contributed by atoms with Crippen LogP contribution < -0.4 is 16.4 Å². The number of nitrogens with one attached hydrogen (secondary N) is 2. The van der Waals surface area contributed by atoms with E-state index < -0.39 is 0 Å². The summed E-state index contributed by atoms with van der Waals surface area (Å²) in [5, 5.41) is 6.65. The van der Waals surface area contributed by atoms with Crippen molar-refractivity contribution in [3.05, 3.63) is 72.7 Å². The Morgan fingerprint density at radius 1 is 1.03 bits per heavy atom. The Labute approximate surface area is 186 Å². The van der Waals surface area contributed by atoms with Gasteiger partial charge >= 0.3 is 6.03 Å². The van der Waals surface area contributed by atoms with E-state index in [1.54, 1.807) is 0 Å². The number of benzene rings is 2. The van der Waals surface area contributed by atoms with Crippen molar-refractivity contribution in [1.82, 2.24) is 19.9 Å². The van der Waals surface area contributed by atoms with E-state index in [-0.39, 0.29) is 6.03 Å². The van der Waals surface area contributed by atoms with Gasteiger partial charge < -0.3 is 20.9 Å². The standard InChI is InChI=1S/C25H26N6O/c26-23-22-21(15-31(20-8-4-5-9-20)24(22)29-16-28-23)18-10-12-19(13-11-18)30-25(32)27-14-17-6-2-1-3-7-17/h1-3,6-7,10-13,15-16,20H,4-5,8-9,14H2,(H2,26,28,29)(H2,27,30,32). The number of amides is 2. The van der Waals surface area contributed by atoms with Gasteiger partial charge in [0.1, 0.15) is 17.8 Å². The van der Waals surface area contributed by atoms with Crippen molar-refractivity contribution >= 4 is 28.6 Å². The van der Waals surface area contributed by atoms with Gasteiger partial charge in [0.05, 0.1) is 5.39 Å². The largest absolute Gasteiger partial charge is 0.383 e. The van der Waals surface area contributed by atoms with Crippen molar-refractivity contribution in [3.8, 4) is 11.1 Å². The summed E-state index contributed by atoms with van der Waals surface area (Å²) >= 11 is 0. The molecular formula is C25H26N6O. The Morgan fingerprint density at radius 2 is 1.78 bits per heavy atom. The van der Waals surface area contributed by atoms with Crippen LogP contribution in [-0.4, -0.2) is 20.6 Å². The van der Waals surface area contributed by atoms with Crippen LogP contribution in [0.2, 0.25) is 0 Å². The number of rotatable bonds is 5. The molecule has 0 atom stereocenters. The fourth-order valence-electron chi connectivity index (χ4n) is 4.47. The van der Waals surface area contributed by atoms with E-state index in [1.165, 1.54) is 19.2 Å². The summed E-state index contributed by atoms with van der Waals surface area (Å²) in [4.78, 5) is 21.0. The number of urea groups is 1. The monoisotopic (exact) mass is 426 g/mol. The number of carbonyl (C=O) groups excluding carboxylic acids is 1. The highest BCUT2D eigenvalue weighted by Gasteiger charge is 2.22. The number of hydrogen-bond donors (Lipinski definition) is 3. The van der Waals surface area contributed by atoms with E-state index in [2.05, 4.69) is 31.4 Å². The summed E-state index contributed by atoms with van der Waals surface area (Å²) in [5.41, 5.74) is 11.0. The van der Waals surface area contributed by atoms with Gasteiger partial charge in [-0.25, -0.2) is 14.8 Å². The third-order valence-corrected chi connectivity index (χ3v) is 6.11. The molecule has 1 fully saturated rings. The Bertz CT molecular complexity index is 1230. The molecule has 1 aliphatic rings. The Balaban J connectivity index is 1.35. The van der Waals surface area contributed by atoms with E-state index in [4.69, 9.17) is 5.73 Å². The highest BCUT2D eigenvalue weighted by atomic mass is 16.2. The van der Waals surface area contributed by atoms with Crippen molar-refractivity contribution in [2.45, 2.75) is 38.3 Å². The average Bonchev–Trinajstić information content (AvgIpc) is 3.48. The van der Waals surface area contributed by atoms with Gasteiger partial charge in [-0.3, -0.25) is 0 Å². The normalized spacial score (nSPS) is 14.0. The molecule has 4 N–H and O–H groups in total. The number of aromatic nitrogens is 3. The minimum Gasteiger partial charge on any atom is -0.383 e. The molecule has 0 unspecified atom stereocenters. The SMILES string of the molecule is Nc1ncnc2c1c(-c1ccc(NC(=O)NCc3ccccc3)cc1)cn2C1CCCC1. The molecule has 2 aromatic heterocycles. The number of hydrogen-bond acceptors (Lipinski definition) is 4. The molecule has 2 aromatic carbocycles. The van der Waals surface area contributed by atoms with E-state index in [9.17, 15) is 4.79 Å². The first-order chi connectivity index (χ1) is 15.7. The van der Waals surface area contributed by atoms with Gasteiger partial charge in [0, 0.05) is 30.0 Å². The number of carbonyl (C=O) groups is 1. The van der Waals surface area contributed by atoms with Crippen molar-refractivity contribution in [3.63, 3.8) is 0 Å². The molecular weight excluding hydrogens is 400 g/mol. The third-order valence-electron chi connectivity index (χ3n) is 6.11. The number of fused-ring (bicyclic) bond motifs is 1. The van der Waals surface area contributed by atoms with Gasteiger partial charge in [0.25, 0.3) is 0 Å². The van der Waals surface area contributed by atoms with Gasteiger partial charge in [0.2, 0.25) is 0 Å². The average molecular weight is 427 g/mol. The minimum absolute atomic E-state index is 0.239. The predicted molar refractivity (Wildman–Crippen MR) is 127 cm³/mol. The number of nitrogens with two attached hydrogens (primary N) is 1. The summed E-state index contributed by atoms with van der Waals surface area (Å²) in [7, 11) is 0. The molecule has 5 rings (SSSR count). The quantitative estimate of drug-likeness (QED) is 0.413. The zero-order valence-corrected chi connectivity index (χ0v) is 17.8. The van der Waals surface area contributed by atoms with Crippen molar-refractivity contribution in [2.24, 2.45) is 0 Å². The van der Waals surface area contributed by atoms with Crippen LogP contribution in [0.5, 0.6) is 0 Å². The van der Waals surface area contributed by atoms with Crippen molar-refractivity contribution < 1.29 is 4.79 Å². The van der Waals surface area contributed by atoms with E-state index in [0.717, 1.165) is 46.3 Å². The van der Waals surface area contributed by atoms with E-state index in [0.29, 0.717) is 18.4 Å². The maximum Gasteiger partial charge on any atom is 0.319 e. The van der Waals surface area contributed by atoms with Gasteiger partial charge in [-0.2, -0.15) is 0 Å². The van der Waals surface area contributed by atoms with Crippen LogP contribution in [0.4, 0.5) is 16.3 Å². The van der Waals surface area contributed by atoms with E-state index in [1.807, 2.05) is 54.6 Å². The number of nitrogen functional groups attached to an aromatic ring is 1. The van der Waals surface area contributed by atoms with Crippen LogP contribution in [0.15, 0.2) is 67.1 Å². The molecule has 0 aliphatic heterocycles. The zero-order valence-electron chi connectivity index (χ0n) is 17.8. The summed E-state index contributed by atoms with van der Waals surface area (Å²) in [5.74, 6) is 0.490. The molecule has 2 amide bonds. The predicted octanol–water partition coefficient (Wildman–Crippen LogP) is 5.12. The molecule has 0 bridgehead atoms. The minimum atomic E-state index is -0.239. The molecule has 1 saturated carbocycles. The molecule has 1 aliphatic carbocycles. The van der Waals surface area contributed by atoms with Crippen LogP contribution >= 0.6 is 0 Å². The van der Waals surface area contributed by atoms with Crippen LogP contribution in [0, 0.1) is 0 Å². The number of anilines is 2. The summed E-state index contributed by atoms with van der Waals surface area (Å²) in [6.45, 7) is 0.477. The fourth-order valence-corrected chi connectivity index (χ4v) is 4.47. The van der Waals surface area contributed by atoms with Crippen molar-refractivity contribution in [1.29, 1.82) is 0 Å². The first-order valence-electron chi connectivity index (χ1n) is 11.0. The molecule has 0 saturated heterocycles. The molecule has 7 nitrogen and oxygen atoms in total. The smallest absolute Gasteiger partial charge is 0.319 e. The van der Waals surface area contributed by atoms with Gasteiger partial charge in [-0.05, 0) is 36.1 Å². The molecule has 2 heterocycles. The Morgan fingerprint density at radius 3 is 2.53 bits per heavy atom. The third kappa shape index (κ3) is 4.01. The van der Waals surface area contributed by atoms with Crippen LogP contribution in [0.1, 0.15) is 37.3 Å². The summed E-state index contributed by atoms with van der Waals surface area (Å²) < 4.78 is 2.26. The lowest BCUT2D eigenvalue weighted by Gasteiger charge is -2.12. The van der Waals surface area contributed by atoms with Crippen LogP contribution in [0.3, 0.4) is 0 Å². The fraction of sp³-hybridized carbons (Fsp3) is 0.240. The highest BCUT2D eigenvalue weighted by Crippen LogP contribution is 2.38. The zero-order chi connectivity index (χ0) is 21.9. The second-order valence-electron chi connectivity index (χ2n) is 8.22. The lowest BCUT2D eigenvalue weighted by molar-refractivity contribution is 0.251. The van der Waals surface area contributed by atoms with Gasteiger partial charge in [-0.1, -0.05) is 55.3 Å². The van der Waals surface area contributed by atoms with Crippen LogP contribution in [0.25, 0.3) is 22.2 Å². The molecule has 0 spiro atoms. The maximum atomic E-state index is 12.3. The lowest BCUT2D eigenvalue weighted by atomic mass is 10.1. The second-order valence-corrected chi connectivity index (χ2v) is 8.22. The van der Waals surface area contributed by atoms with E-state index >= 15 is 0 Å². The van der Waals surface area contributed by atoms with Gasteiger partial charge in [0.15, 0.2) is 0 Å². The summed E-state index contributed by atoms with van der Waals surface area (Å²) in [6, 6.07) is 17.8. The van der Waals surface area contributed by atoms with Crippen molar-refractivity contribution in [2.75, 3.05) is 11.1 Å². The molecule has 4 aromatic rings.